The normalized spacial score (nSPS) is 23.9. The number of nitrogens with zero attached hydrogens (tertiary/aromatic N) is 3. The predicted octanol–water partition coefficient (Wildman–Crippen LogP) is 1.63. The summed E-state index contributed by atoms with van der Waals surface area (Å²) >= 11 is 0. The summed E-state index contributed by atoms with van der Waals surface area (Å²) in [6.07, 6.45) is 0. The lowest BCUT2D eigenvalue weighted by atomic mass is 9.75. The molecule has 0 aliphatic carbocycles. The number of rotatable bonds is 2. The molecule has 1 aliphatic rings. The van der Waals surface area contributed by atoms with Crippen LogP contribution in [-0.4, -0.2) is 33.2 Å². The summed E-state index contributed by atoms with van der Waals surface area (Å²) in [5.41, 5.74) is -1.94. The van der Waals surface area contributed by atoms with Crippen molar-refractivity contribution in [3.05, 3.63) is 51.8 Å². The van der Waals surface area contributed by atoms with Crippen LogP contribution in [0.3, 0.4) is 0 Å². The van der Waals surface area contributed by atoms with Gasteiger partial charge < -0.3 is 14.6 Å². The van der Waals surface area contributed by atoms with Crippen LogP contribution >= 0.6 is 0 Å². The number of ether oxygens (including phenoxy) is 2. The number of methoxy groups -OCH3 is 1. The first-order valence-corrected chi connectivity index (χ1v) is 7.80. The van der Waals surface area contributed by atoms with Gasteiger partial charge in [0.05, 0.1) is 18.7 Å². The first-order chi connectivity index (χ1) is 11.7. The molecule has 2 unspecified atom stereocenters. The smallest absolute Gasteiger partial charge is 0.267 e. The molecular formula is C18H19N3O4. The molecule has 3 rings (SSSR count). The average Bonchev–Trinajstić information content (AvgIpc) is 2.56. The highest BCUT2D eigenvalue weighted by Gasteiger charge is 2.54. The van der Waals surface area contributed by atoms with Gasteiger partial charge in [-0.05, 0) is 39.0 Å². The molecule has 0 radical (unpaired) electrons. The van der Waals surface area contributed by atoms with E-state index in [1.807, 2.05) is 0 Å². The van der Waals surface area contributed by atoms with E-state index in [0.29, 0.717) is 16.9 Å². The second kappa shape index (κ2) is 5.60. The van der Waals surface area contributed by atoms with Gasteiger partial charge in [-0.3, -0.25) is 4.79 Å². The Bertz CT molecular complexity index is 925. The fourth-order valence-corrected chi connectivity index (χ4v) is 3.01. The molecule has 0 saturated carbocycles. The van der Waals surface area contributed by atoms with E-state index in [-0.39, 0.29) is 5.88 Å². The lowest BCUT2D eigenvalue weighted by molar-refractivity contribution is -0.141. The number of nitriles is 1. The standard InChI is InChI=1S/C18H19N3O4/c1-17(2)18(3,23)16(21-15(22)8-7-14(20-21)24-4)12-9-11(10-19)5-6-13(12)25-17/h5-9,16,23H,1-4H3. The number of aromatic nitrogens is 2. The highest BCUT2D eigenvalue weighted by Crippen LogP contribution is 2.47. The number of aliphatic hydroxyl groups is 1. The van der Waals surface area contributed by atoms with E-state index in [4.69, 9.17) is 9.47 Å². The summed E-state index contributed by atoms with van der Waals surface area (Å²) in [5.74, 6) is 0.745. The largest absolute Gasteiger partial charge is 0.484 e. The van der Waals surface area contributed by atoms with Crippen LogP contribution in [0.4, 0.5) is 0 Å². The second-order valence-electron chi connectivity index (χ2n) is 6.69. The molecule has 7 nitrogen and oxygen atoms in total. The molecule has 1 aliphatic heterocycles. The minimum absolute atomic E-state index is 0.248. The Balaban J connectivity index is 2.33. The SMILES string of the molecule is COc1ccc(=O)n(C2c3cc(C#N)ccc3OC(C)(C)C2(C)O)n1. The minimum Gasteiger partial charge on any atom is -0.484 e. The number of hydrogen-bond donors (Lipinski definition) is 1. The third-order valence-corrected chi connectivity index (χ3v) is 4.80. The lowest BCUT2D eigenvalue weighted by Gasteiger charge is -2.49. The maximum absolute atomic E-state index is 12.5. The van der Waals surface area contributed by atoms with Gasteiger partial charge in [0.2, 0.25) is 5.88 Å². The Morgan fingerprint density at radius 2 is 2.04 bits per heavy atom. The third-order valence-electron chi connectivity index (χ3n) is 4.80. The van der Waals surface area contributed by atoms with Crippen LogP contribution in [0.2, 0.25) is 0 Å². The molecule has 1 N–H and O–H groups in total. The van der Waals surface area contributed by atoms with Crippen LogP contribution in [0.5, 0.6) is 11.6 Å². The van der Waals surface area contributed by atoms with Gasteiger partial charge in [0, 0.05) is 17.7 Å². The van der Waals surface area contributed by atoms with E-state index < -0.39 is 22.8 Å². The van der Waals surface area contributed by atoms with Crippen molar-refractivity contribution >= 4 is 0 Å². The summed E-state index contributed by atoms with van der Waals surface area (Å²) in [5, 5.41) is 24.7. The fraction of sp³-hybridized carbons (Fsp3) is 0.389. The molecule has 0 saturated heterocycles. The number of fused-ring (bicyclic) bond motifs is 1. The van der Waals surface area contributed by atoms with E-state index in [2.05, 4.69) is 11.2 Å². The molecule has 7 heteroatoms. The zero-order valence-electron chi connectivity index (χ0n) is 14.5. The van der Waals surface area contributed by atoms with Crippen molar-refractivity contribution in [2.24, 2.45) is 0 Å². The molecule has 2 atom stereocenters. The van der Waals surface area contributed by atoms with Gasteiger partial charge in [0.15, 0.2) is 0 Å². The Kier molecular flexibility index (Phi) is 3.81. The van der Waals surface area contributed by atoms with Crippen molar-refractivity contribution in [1.29, 1.82) is 5.26 Å². The molecule has 0 amide bonds. The summed E-state index contributed by atoms with van der Waals surface area (Å²) in [4.78, 5) is 12.5. The Morgan fingerprint density at radius 1 is 1.32 bits per heavy atom. The molecule has 0 spiro atoms. The third kappa shape index (κ3) is 2.55. The quantitative estimate of drug-likeness (QED) is 0.892. The van der Waals surface area contributed by atoms with Crippen molar-refractivity contribution in [2.45, 2.75) is 38.0 Å². The van der Waals surface area contributed by atoms with Gasteiger partial charge in [-0.15, -0.1) is 5.10 Å². The molecule has 1 aromatic carbocycles. The summed E-state index contributed by atoms with van der Waals surface area (Å²) in [6.45, 7) is 5.08. The van der Waals surface area contributed by atoms with Crippen LogP contribution in [0, 0.1) is 11.3 Å². The highest BCUT2D eigenvalue weighted by molar-refractivity contribution is 5.47. The molecule has 0 fully saturated rings. The second-order valence-corrected chi connectivity index (χ2v) is 6.69. The van der Waals surface area contributed by atoms with Crippen LogP contribution < -0.4 is 15.0 Å². The zero-order valence-corrected chi connectivity index (χ0v) is 14.5. The van der Waals surface area contributed by atoms with Crippen molar-refractivity contribution in [3.8, 4) is 17.7 Å². The van der Waals surface area contributed by atoms with Gasteiger partial charge in [0.1, 0.15) is 23.0 Å². The van der Waals surface area contributed by atoms with Gasteiger partial charge in [-0.2, -0.15) is 5.26 Å². The fourth-order valence-electron chi connectivity index (χ4n) is 3.01. The molecule has 25 heavy (non-hydrogen) atoms. The van der Waals surface area contributed by atoms with Gasteiger partial charge in [-0.25, -0.2) is 4.68 Å². The molecule has 130 valence electrons. The molecule has 1 aromatic heterocycles. The summed E-state index contributed by atoms with van der Waals surface area (Å²) < 4.78 is 12.2. The first-order valence-electron chi connectivity index (χ1n) is 7.80. The summed E-state index contributed by atoms with van der Waals surface area (Å²) in [7, 11) is 1.45. The van der Waals surface area contributed by atoms with Crippen LogP contribution in [0.25, 0.3) is 0 Å². The van der Waals surface area contributed by atoms with Crippen molar-refractivity contribution in [1.82, 2.24) is 9.78 Å². The van der Waals surface area contributed by atoms with E-state index in [9.17, 15) is 15.2 Å². The highest BCUT2D eigenvalue weighted by atomic mass is 16.5. The predicted molar refractivity (Wildman–Crippen MR) is 89.7 cm³/mol. The number of hydrogen-bond acceptors (Lipinski definition) is 6. The van der Waals surface area contributed by atoms with E-state index in [1.54, 1.807) is 39.0 Å². The molecule has 2 heterocycles. The van der Waals surface area contributed by atoms with Crippen molar-refractivity contribution in [2.75, 3.05) is 7.11 Å². The first kappa shape index (κ1) is 17.0. The van der Waals surface area contributed by atoms with Gasteiger partial charge in [-0.1, -0.05) is 0 Å². The maximum Gasteiger partial charge on any atom is 0.267 e. The lowest BCUT2D eigenvalue weighted by Crippen LogP contribution is -2.61. The van der Waals surface area contributed by atoms with Crippen LogP contribution in [0.1, 0.15) is 37.9 Å². The zero-order chi connectivity index (χ0) is 18.4. The van der Waals surface area contributed by atoms with Crippen LogP contribution in [0.15, 0.2) is 35.1 Å². The Labute approximate surface area is 145 Å². The summed E-state index contributed by atoms with van der Waals surface area (Å²) in [6, 6.07) is 8.92. The van der Waals surface area contributed by atoms with E-state index in [1.165, 1.54) is 23.9 Å². The van der Waals surface area contributed by atoms with E-state index in [0.717, 1.165) is 0 Å². The van der Waals surface area contributed by atoms with Crippen molar-refractivity contribution < 1.29 is 14.6 Å². The van der Waals surface area contributed by atoms with Crippen LogP contribution in [-0.2, 0) is 0 Å². The Morgan fingerprint density at radius 3 is 2.68 bits per heavy atom. The molecule has 0 bridgehead atoms. The minimum atomic E-state index is -1.47. The number of benzene rings is 1. The molecule has 2 aromatic rings. The molecular weight excluding hydrogens is 322 g/mol. The Hall–Kier alpha value is -2.85. The topological polar surface area (TPSA) is 97.4 Å². The van der Waals surface area contributed by atoms with Gasteiger partial charge >= 0.3 is 0 Å². The van der Waals surface area contributed by atoms with E-state index >= 15 is 0 Å². The van der Waals surface area contributed by atoms with Gasteiger partial charge in [0.25, 0.3) is 5.56 Å². The maximum atomic E-state index is 12.5. The monoisotopic (exact) mass is 341 g/mol. The van der Waals surface area contributed by atoms with Crippen molar-refractivity contribution in [3.63, 3.8) is 0 Å². The average molecular weight is 341 g/mol.